The fourth-order valence-corrected chi connectivity index (χ4v) is 1.52. The van der Waals surface area contributed by atoms with Crippen molar-refractivity contribution in [1.29, 1.82) is 0 Å². The number of aryl methyl sites for hydroxylation is 1. The van der Waals surface area contributed by atoms with Gasteiger partial charge in [-0.25, -0.2) is 4.79 Å². The van der Waals surface area contributed by atoms with Gasteiger partial charge in [-0.15, -0.1) is 0 Å². The lowest BCUT2D eigenvalue weighted by atomic mass is 10.3. The number of nitrogens with zero attached hydrogens (tertiary/aromatic N) is 2. The van der Waals surface area contributed by atoms with E-state index >= 15 is 0 Å². The SMILES string of the molecule is Cc1cc2cn(C(C)C)c(=O)nc2[nH]1. The summed E-state index contributed by atoms with van der Waals surface area (Å²) in [6.45, 7) is 5.88. The molecule has 14 heavy (non-hydrogen) atoms. The van der Waals surface area contributed by atoms with E-state index in [-0.39, 0.29) is 11.7 Å². The first-order valence-electron chi connectivity index (χ1n) is 4.66. The molecule has 2 rings (SSSR count). The Balaban J connectivity index is 2.76. The maximum Gasteiger partial charge on any atom is 0.349 e. The molecule has 0 radical (unpaired) electrons. The number of rotatable bonds is 1. The Labute approximate surface area is 81.6 Å². The Bertz CT molecular complexity index is 522. The molecule has 0 aliphatic rings. The van der Waals surface area contributed by atoms with Crippen LogP contribution in [-0.2, 0) is 0 Å². The molecule has 0 aliphatic heterocycles. The highest BCUT2D eigenvalue weighted by atomic mass is 16.1. The van der Waals surface area contributed by atoms with Crippen LogP contribution >= 0.6 is 0 Å². The van der Waals surface area contributed by atoms with Crippen molar-refractivity contribution in [2.45, 2.75) is 26.8 Å². The number of hydrogen-bond acceptors (Lipinski definition) is 2. The minimum atomic E-state index is -0.200. The second kappa shape index (κ2) is 2.97. The van der Waals surface area contributed by atoms with Crippen LogP contribution in [0, 0.1) is 6.92 Å². The number of nitrogens with one attached hydrogen (secondary N) is 1. The second-order valence-electron chi connectivity index (χ2n) is 3.78. The van der Waals surface area contributed by atoms with E-state index in [9.17, 15) is 4.79 Å². The summed E-state index contributed by atoms with van der Waals surface area (Å²) in [6, 6.07) is 2.13. The van der Waals surface area contributed by atoms with Crippen LogP contribution in [-0.4, -0.2) is 14.5 Å². The molecule has 0 amide bonds. The van der Waals surface area contributed by atoms with Gasteiger partial charge in [-0.05, 0) is 26.8 Å². The first kappa shape index (κ1) is 8.99. The van der Waals surface area contributed by atoms with Gasteiger partial charge in [-0.2, -0.15) is 4.98 Å². The second-order valence-corrected chi connectivity index (χ2v) is 3.78. The van der Waals surface area contributed by atoms with Crippen LogP contribution in [0.15, 0.2) is 17.1 Å². The summed E-state index contributed by atoms with van der Waals surface area (Å²) in [5.74, 6) is 0. The molecule has 0 fully saturated rings. The Morgan fingerprint density at radius 2 is 2.21 bits per heavy atom. The van der Waals surface area contributed by atoms with Crippen molar-refractivity contribution in [3.05, 3.63) is 28.4 Å². The number of aromatic nitrogens is 3. The number of aromatic amines is 1. The molecule has 1 N–H and O–H groups in total. The summed E-state index contributed by atoms with van der Waals surface area (Å²) in [5, 5.41) is 0.982. The summed E-state index contributed by atoms with van der Waals surface area (Å²) in [6.07, 6.45) is 1.85. The molecule has 0 aromatic carbocycles. The standard InChI is InChI=1S/C10H13N3O/c1-6(2)13-5-8-4-7(3)11-9(8)12-10(13)14/h4-6H,1-3H3,(H,11,12,14). The van der Waals surface area contributed by atoms with E-state index in [0.29, 0.717) is 5.65 Å². The third kappa shape index (κ3) is 1.32. The minimum Gasteiger partial charge on any atom is -0.343 e. The highest BCUT2D eigenvalue weighted by molar-refractivity contribution is 5.75. The van der Waals surface area contributed by atoms with Crippen molar-refractivity contribution in [3.63, 3.8) is 0 Å². The van der Waals surface area contributed by atoms with Gasteiger partial charge < -0.3 is 4.98 Å². The molecule has 4 heteroatoms. The molecule has 0 spiro atoms. The first-order valence-corrected chi connectivity index (χ1v) is 4.66. The average molecular weight is 191 g/mol. The summed E-state index contributed by atoms with van der Waals surface area (Å²) in [4.78, 5) is 18.5. The molecule has 2 heterocycles. The Morgan fingerprint density at radius 1 is 1.50 bits per heavy atom. The smallest absolute Gasteiger partial charge is 0.343 e. The zero-order chi connectivity index (χ0) is 10.3. The number of H-pyrrole nitrogens is 1. The molecular weight excluding hydrogens is 178 g/mol. The normalized spacial score (nSPS) is 11.4. The molecule has 0 saturated carbocycles. The fourth-order valence-electron chi connectivity index (χ4n) is 1.52. The van der Waals surface area contributed by atoms with Crippen LogP contribution in [0.25, 0.3) is 11.0 Å². The minimum absolute atomic E-state index is 0.148. The summed E-state index contributed by atoms with van der Waals surface area (Å²) < 4.78 is 1.63. The van der Waals surface area contributed by atoms with Crippen LogP contribution in [0.3, 0.4) is 0 Å². The highest BCUT2D eigenvalue weighted by Crippen LogP contribution is 2.11. The topological polar surface area (TPSA) is 50.7 Å². The zero-order valence-electron chi connectivity index (χ0n) is 8.53. The lowest BCUT2D eigenvalue weighted by Crippen LogP contribution is -2.23. The fraction of sp³-hybridized carbons (Fsp3) is 0.400. The molecule has 74 valence electrons. The quantitative estimate of drug-likeness (QED) is 0.744. The zero-order valence-corrected chi connectivity index (χ0v) is 8.53. The van der Waals surface area contributed by atoms with Gasteiger partial charge >= 0.3 is 5.69 Å². The number of fused-ring (bicyclic) bond motifs is 1. The first-order chi connectivity index (χ1) is 6.58. The molecular formula is C10H13N3O. The molecule has 2 aromatic heterocycles. The summed E-state index contributed by atoms with van der Waals surface area (Å²) in [7, 11) is 0. The lowest BCUT2D eigenvalue weighted by molar-refractivity contribution is 0.569. The van der Waals surface area contributed by atoms with E-state index in [1.165, 1.54) is 0 Å². The van der Waals surface area contributed by atoms with Gasteiger partial charge in [0.1, 0.15) is 5.65 Å². The third-order valence-corrected chi connectivity index (χ3v) is 2.22. The van der Waals surface area contributed by atoms with Gasteiger partial charge in [0.25, 0.3) is 0 Å². The number of hydrogen-bond donors (Lipinski definition) is 1. The Kier molecular flexibility index (Phi) is 1.91. The van der Waals surface area contributed by atoms with E-state index in [1.807, 2.05) is 33.0 Å². The average Bonchev–Trinajstić information content (AvgIpc) is 2.42. The van der Waals surface area contributed by atoms with Crippen molar-refractivity contribution in [3.8, 4) is 0 Å². The van der Waals surface area contributed by atoms with Gasteiger partial charge in [-0.1, -0.05) is 0 Å². The molecule has 0 unspecified atom stereocenters. The van der Waals surface area contributed by atoms with Crippen molar-refractivity contribution in [2.24, 2.45) is 0 Å². The lowest BCUT2D eigenvalue weighted by Gasteiger charge is -2.07. The maximum atomic E-state index is 11.5. The van der Waals surface area contributed by atoms with E-state index < -0.39 is 0 Å². The summed E-state index contributed by atoms with van der Waals surface area (Å²) >= 11 is 0. The van der Waals surface area contributed by atoms with Crippen LogP contribution in [0.1, 0.15) is 25.6 Å². The predicted molar refractivity (Wildman–Crippen MR) is 55.5 cm³/mol. The molecule has 0 aliphatic carbocycles. The molecule has 0 atom stereocenters. The summed E-state index contributed by atoms with van der Waals surface area (Å²) in [5.41, 5.74) is 1.49. The molecule has 4 nitrogen and oxygen atoms in total. The molecule has 0 bridgehead atoms. The van der Waals surface area contributed by atoms with Crippen LogP contribution < -0.4 is 5.69 Å². The highest BCUT2D eigenvalue weighted by Gasteiger charge is 2.05. The Hall–Kier alpha value is -1.58. The molecule has 0 saturated heterocycles. The molecule has 2 aromatic rings. The van der Waals surface area contributed by atoms with Gasteiger partial charge in [0.05, 0.1) is 0 Å². The van der Waals surface area contributed by atoms with E-state index in [0.717, 1.165) is 11.1 Å². The van der Waals surface area contributed by atoms with Crippen molar-refractivity contribution in [2.75, 3.05) is 0 Å². The van der Waals surface area contributed by atoms with Gasteiger partial charge in [0.2, 0.25) is 0 Å². The van der Waals surface area contributed by atoms with Crippen LogP contribution in [0.5, 0.6) is 0 Å². The van der Waals surface area contributed by atoms with Gasteiger partial charge in [0, 0.05) is 23.3 Å². The predicted octanol–water partition coefficient (Wildman–Crippen LogP) is 1.61. The van der Waals surface area contributed by atoms with Crippen LogP contribution in [0.4, 0.5) is 0 Å². The van der Waals surface area contributed by atoms with Crippen LogP contribution in [0.2, 0.25) is 0 Å². The third-order valence-electron chi connectivity index (χ3n) is 2.22. The Morgan fingerprint density at radius 3 is 2.86 bits per heavy atom. The van der Waals surface area contributed by atoms with Crippen molar-refractivity contribution < 1.29 is 0 Å². The van der Waals surface area contributed by atoms with E-state index in [1.54, 1.807) is 4.57 Å². The monoisotopic (exact) mass is 191 g/mol. The van der Waals surface area contributed by atoms with Gasteiger partial charge in [-0.3, -0.25) is 4.57 Å². The van der Waals surface area contributed by atoms with Crippen molar-refractivity contribution in [1.82, 2.24) is 14.5 Å². The largest absolute Gasteiger partial charge is 0.349 e. The van der Waals surface area contributed by atoms with E-state index in [2.05, 4.69) is 9.97 Å². The van der Waals surface area contributed by atoms with Gasteiger partial charge in [0.15, 0.2) is 0 Å². The van der Waals surface area contributed by atoms with E-state index in [4.69, 9.17) is 0 Å². The maximum absolute atomic E-state index is 11.5. The van der Waals surface area contributed by atoms with Crippen molar-refractivity contribution >= 4 is 11.0 Å².